The molecule has 1 aliphatic heterocycles. The van der Waals surface area contributed by atoms with E-state index in [-0.39, 0.29) is 11.4 Å². The number of hydrogen-bond donors (Lipinski definition) is 1. The molecule has 1 unspecified atom stereocenters. The van der Waals surface area contributed by atoms with Gasteiger partial charge in [-0.1, -0.05) is 22.0 Å². The van der Waals surface area contributed by atoms with Crippen LogP contribution in [0.4, 0.5) is 0 Å². The van der Waals surface area contributed by atoms with E-state index >= 15 is 0 Å². The molecular formula is C13H16BrNO4S. The quantitative estimate of drug-likeness (QED) is 0.895. The second kappa shape index (κ2) is 5.83. The summed E-state index contributed by atoms with van der Waals surface area (Å²) < 4.78 is 27.3. The lowest BCUT2D eigenvalue weighted by Crippen LogP contribution is -2.42. The van der Waals surface area contributed by atoms with E-state index in [9.17, 15) is 13.2 Å². The highest BCUT2D eigenvalue weighted by Crippen LogP contribution is 2.27. The van der Waals surface area contributed by atoms with Gasteiger partial charge in [-0.05, 0) is 37.5 Å². The van der Waals surface area contributed by atoms with Gasteiger partial charge in [0.15, 0.2) is 0 Å². The third-order valence-corrected chi connectivity index (χ3v) is 6.00. The zero-order chi connectivity index (χ0) is 14.9. The SMILES string of the molecule is Cc1ccc(Br)cc1S(=O)(=O)N1CCCC(C(=O)O)C1. The fraction of sp³-hybridized carbons (Fsp3) is 0.462. The van der Waals surface area contributed by atoms with Crippen LogP contribution in [0, 0.1) is 12.8 Å². The lowest BCUT2D eigenvalue weighted by molar-refractivity contribution is -0.142. The Bertz CT molecular complexity index is 629. The van der Waals surface area contributed by atoms with Gasteiger partial charge < -0.3 is 5.11 Å². The Kier molecular flexibility index (Phi) is 4.51. The molecule has 0 radical (unpaired) electrons. The highest BCUT2D eigenvalue weighted by Gasteiger charge is 2.33. The van der Waals surface area contributed by atoms with E-state index in [1.807, 2.05) is 0 Å². The number of piperidine rings is 1. The van der Waals surface area contributed by atoms with E-state index in [1.165, 1.54) is 4.31 Å². The Morgan fingerprint density at radius 1 is 1.45 bits per heavy atom. The molecule has 1 aromatic carbocycles. The van der Waals surface area contributed by atoms with Gasteiger partial charge in [-0.15, -0.1) is 0 Å². The van der Waals surface area contributed by atoms with Crippen LogP contribution in [-0.4, -0.2) is 36.9 Å². The first-order chi connectivity index (χ1) is 9.32. The zero-order valence-corrected chi connectivity index (χ0v) is 13.4. The Morgan fingerprint density at radius 2 is 2.15 bits per heavy atom. The molecule has 110 valence electrons. The molecule has 1 atom stereocenters. The molecule has 1 N–H and O–H groups in total. The highest BCUT2D eigenvalue weighted by atomic mass is 79.9. The van der Waals surface area contributed by atoms with Crippen LogP contribution in [0.1, 0.15) is 18.4 Å². The maximum absolute atomic E-state index is 12.6. The summed E-state index contributed by atoms with van der Waals surface area (Å²) in [6.45, 7) is 2.15. The van der Waals surface area contributed by atoms with Gasteiger partial charge in [0.05, 0.1) is 10.8 Å². The summed E-state index contributed by atoms with van der Waals surface area (Å²) in [5, 5.41) is 9.06. The van der Waals surface area contributed by atoms with Crippen LogP contribution in [0.25, 0.3) is 0 Å². The maximum Gasteiger partial charge on any atom is 0.307 e. The van der Waals surface area contributed by atoms with Crippen molar-refractivity contribution < 1.29 is 18.3 Å². The van der Waals surface area contributed by atoms with Crippen molar-refractivity contribution >= 4 is 31.9 Å². The molecule has 20 heavy (non-hydrogen) atoms. The standard InChI is InChI=1S/C13H16BrNO4S/c1-9-4-5-11(14)7-12(9)20(18,19)15-6-2-3-10(8-15)13(16)17/h4-5,7,10H,2-3,6,8H2,1H3,(H,16,17). The minimum atomic E-state index is -3.64. The average Bonchev–Trinajstić information content (AvgIpc) is 2.41. The first-order valence-electron chi connectivity index (χ1n) is 6.31. The number of aryl methyl sites for hydroxylation is 1. The molecule has 7 heteroatoms. The average molecular weight is 362 g/mol. The van der Waals surface area contributed by atoms with Crippen molar-refractivity contribution in [3.8, 4) is 0 Å². The van der Waals surface area contributed by atoms with Crippen LogP contribution >= 0.6 is 15.9 Å². The fourth-order valence-electron chi connectivity index (χ4n) is 2.35. The van der Waals surface area contributed by atoms with E-state index in [0.717, 1.165) is 0 Å². The number of sulfonamides is 1. The van der Waals surface area contributed by atoms with Crippen molar-refractivity contribution in [3.63, 3.8) is 0 Å². The van der Waals surface area contributed by atoms with E-state index in [1.54, 1.807) is 25.1 Å². The lowest BCUT2D eigenvalue weighted by Gasteiger charge is -2.30. The summed E-state index contributed by atoms with van der Waals surface area (Å²) in [6.07, 6.45) is 1.10. The predicted molar refractivity (Wildman–Crippen MR) is 78.0 cm³/mol. The second-order valence-corrected chi connectivity index (χ2v) is 7.77. The molecule has 1 aromatic rings. The molecule has 1 saturated heterocycles. The maximum atomic E-state index is 12.6. The van der Waals surface area contributed by atoms with Gasteiger partial charge in [-0.25, -0.2) is 8.42 Å². The molecule has 0 aromatic heterocycles. The predicted octanol–water partition coefficient (Wildman–Crippen LogP) is 2.24. The smallest absolute Gasteiger partial charge is 0.307 e. The first-order valence-corrected chi connectivity index (χ1v) is 8.55. The van der Waals surface area contributed by atoms with Gasteiger partial charge in [0.25, 0.3) is 0 Å². The second-order valence-electron chi connectivity index (χ2n) is 4.95. The lowest BCUT2D eigenvalue weighted by atomic mass is 10.0. The van der Waals surface area contributed by atoms with Crippen LogP contribution in [0.2, 0.25) is 0 Å². The molecule has 0 aliphatic carbocycles. The number of nitrogens with zero attached hydrogens (tertiary/aromatic N) is 1. The number of carboxylic acids is 1. The van der Waals surface area contributed by atoms with E-state index < -0.39 is 21.9 Å². The number of aliphatic carboxylic acids is 1. The van der Waals surface area contributed by atoms with E-state index in [4.69, 9.17) is 5.11 Å². The molecule has 5 nitrogen and oxygen atoms in total. The largest absolute Gasteiger partial charge is 0.481 e. The Morgan fingerprint density at radius 3 is 2.80 bits per heavy atom. The number of halogens is 1. The molecule has 0 bridgehead atoms. The van der Waals surface area contributed by atoms with Crippen molar-refractivity contribution in [1.82, 2.24) is 4.31 Å². The number of rotatable bonds is 3. The fourth-order valence-corrected chi connectivity index (χ4v) is 4.64. The van der Waals surface area contributed by atoms with Gasteiger partial charge in [0.2, 0.25) is 10.0 Å². The van der Waals surface area contributed by atoms with Crippen LogP contribution in [0.5, 0.6) is 0 Å². The van der Waals surface area contributed by atoms with Crippen LogP contribution < -0.4 is 0 Å². The minimum absolute atomic E-state index is 0.0453. The molecule has 0 spiro atoms. The van der Waals surface area contributed by atoms with Crippen molar-refractivity contribution in [2.45, 2.75) is 24.7 Å². The third-order valence-electron chi connectivity index (χ3n) is 3.50. The van der Waals surface area contributed by atoms with Crippen LogP contribution in [0.15, 0.2) is 27.6 Å². The minimum Gasteiger partial charge on any atom is -0.481 e. The van der Waals surface area contributed by atoms with Crippen molar-refractivity contribution in [3.05, 3.63) is 28.2 Å². The molecule has 1 fully saturated rings. The summed E-state index contributed by atoms with van der Waals surface area (Å²) in [4.78, 5) is 11.3. The van der Waals surface area contributed by atoms with E-state index in [0.29, 0.717) is 29.4 Å². The van der Waals surface area contributed by atoms with Gasteiger partial charge in [0.1, 0.15) is 0 Å². The topological polar surface area (TPSA) is 74.7 Å². The normalized spacial score (nSPS) is 20.8. The molecule has 0 saturated carbocycles. The summed E-state index contributed by atoms with van der Waals surface area (Å²) in [7, 11) is -3.64. The van der Waals surface area contributed by atoms with Crippen molar-refractivity contribution in [2.75, 3.05) is 13.1 Å². The van der Waals surface area contributed by atoms with Crippen molar-refractivity contribution in [1.29, 1.82) is 0 Å². The number of benzene rings is 1. The summed E-state index contributed by atoms with van der Waals surface area (Å²) in [5.41, 5.74) is 0.658. The summed E-state index contributed by atoms with van der Waals surface area (Å²) >= 11 is 3.27. The molecule has 0 amide bonds. The third kappa shape index (κ3) is 3.05. The van der Waals surface area contributed by atoms with Crippen LogP contribution in [-0.2, 0) is 14.8 Å². The molecule has 1 aliphatic rings. The van der Waals surface area contributed by atoms with Gasteiger partial charge in [-0.3, -0.25) is 4.79 Å². The van der Waals surface area contributed by atoms with Gasteiger partial charge in [0, 0.05) is 17.6 Å². The van der Waals surface area contributed by atoms with Gasteiger partial charge in [-0.2, -0.15) is 4.31 Å². The monoisotopic (exact) mass is 361 g/mol. The summed E-state index contributed by atoms with van der Waals surface area (Å²) in [6, 6.07) is 5.08. The Balaban J connectivity index is 2.35. The number of hydrogen-bond acceptors (Lipinski definition) is 3. The zero-order valence-electron chi connectivity index (χ0n) is 11.0. The highest BCUT2D eigenvalue weighted by molar-refractivity contribution is 9.10. The number of carboxylic acid groups (broad SMARTS) is 1. The molecule has 2 rings (SSSR count). The van der Waals surface area contributed by atoms with Crippen LogP contribution in [0.3, 0.4) is 0 Å². The molecule has 1 heterocycles. The number of carbonyl (C=O) groups is 1. The van der Waals surface area contributed by atoms with E-state index in [2.05, 4.69) is 15.9 Å². The van der Waals surface area contributed by atoms with Gasteiger partial charge >= 0.3 is 5.97 Å². The molecular weight excluding hydrogens is 346 g/mol. The Hall–Kier alpha value is -0.920. The van der Waals surface area contributed by atoms with Crippen molar-refractivity contribution in [2.24, 2.45) is 5.92 Å². The first kappa shape index (κ1) is 15.5. The summed E-state index contributed by atoms with van der Waals surface area (Å²) in [5.74, 6) is -1.55. The Labute approximate surface area is 126 Å².